The topological polar surface area (TPSA) is 72.7 Å². The van der Waals surface area contributed by atoms with Gasteiger partial charge in [0, 0.05) is 30.7 Å². The molecule has 19 heavy (non-hydrogen) atoms. The Bertz CT molecular complexity index is 601. The van der Waals surface area contributed by atoms with Crippen molar-refractivity contribution in [1.29, 1.82) is 0 Å². The van der Waals surface area contributed by atoms with Gasteiger partial charge in [-0.3, -0.25) is 9.48 Å². The minimum atomic E-state index is -0.0428. The standard InChI is InChI=1S/C12H17N5OS/c1-7-10(8(2)17(4)15-7)5-6-11(18)14-12-13-9(3)16-19-12/h5-6H2,1-4H3,(H,13,14,16,18). The maximum absolute atomic E-state index is 11.8. The van der Waals surface area contributed by atoms with E-state index in [1.54, 1.807) is 6.92 Å². The summed E-state index contributed by atoms with van der Waals surface area (Å²) >= 11 is 1.20. The molecule has 0 bridgehead atoms. The zero-order chi connectivity index (χ0) is 14.0. The Morgan fingerprint density at radius 2 is 2.11 bits per heavy atom. The van der Waals surface area contributed by atoms with Crippen LogP contribution in [0.5, 0.6) is 0 Å². The largest absolute Gasteiger partial charge is 0.301 e. The maximum Gasteiger partial charge on any atom is 0.226 e. The van der Waals surface area contributed by atoms with Crippen molar-refractivity contribution in [3.05, 3.63) is 22.8 Å². The number of hydrogen-bond acceptors (Lipinski definition) is 5. The van der Waals surface area contributed by atoms with Crippen LogP contribution in [-0.4, -0.2) is 25.0 Å². The van der Waals surface area contributed by atoms with E-state index >= 15 is 0 Å². The lowest BCUT2D eigenvalue weighted by Gasteiger charge is -2.02. The molecule has 2 rings (SSSR count). The van der Waals surface area contributed by atoms with E-state index in [1.165, 1.54) is 11.5 Å². The maximum atomic E-state index is 11.8. The fourth-order valence-corrected chi connectivity index (χ4v) is 2.54. The second-order valence-corrected chi connectivity index (χ2v) is 5.22. The van der Waals surface area contributed by atoms with Crippen molar-refractivity contribution in [3.63, 3.8) is 0 Å². The number of amides is 1. The summed E-state index contributed by atoms with van der Waals surface area (Å²) in [5, 5.41) is 7.66. The molecule has 0 saturated heterocycles. The average molecular weight is 279 g/mol. The first kappa shape index (κ1) is 13.7. The molecule has 0 aliphatic rings. The molecule has 2 aromatic rings. The van der Waals surface area contributed by atoms with Crippen LogP contribution in [0, 0.1) is 20.8 Å². The van der Waals surface area contributed by atoms with Crippen molar-refractivity contribution < 1.29 is 4.79 Å². The molecule has 0 unspecified atom stereocenters. The fraction of sp³-hybridized carbons (Fsp3) is 0.500. The van der Waals surface area contributed by atoms with Gasteiger partial charge in [-0.2, -0.15) is 9.47 Å². The Balaban J connectivity index is 1.93. The Labute approximate surface area is 116 Å². The van der Waals surface area contributed by atoms with Crippen LogP contribution in [0.4, 0.5) is 5.13 Å². The Morgan fingerprint density at radius 3 is 2.63 bits per heavy atom. The van der Waals surface area contributed by atoms with E-state index in [9.17, 15) is 4.79 Å². The highest BCUT2D eigenvalue weighted by Gasteiger charge is 2.12. The number of carbonyl (C=O) groups is 1. The zero-order valence-electron chi connectivity index (χ0n) is 11.5. The molecule has 0 spiro atoms. The van der Waals surface area contributed by atoms with Gasteiger partial charge in [-0.25, -0.2) is 4.98 Å². The van der Waals surface area contributed by atoms with Crippen LogP contribution in [0.25, 0.3) is 0 Å². The van der Waals surface area contributed by atoms with Gasteiger partial charge in [-0.15, -0.1) is 0 Å². The first-order chi connectivity index (χ1) is 8.97. The third kappa shape index (κ3) is 3.17. The molecule has 1 amide bonds. The molecule has 6 nitrogen and oxygen atoms in total. The number of anilines is 1. The molecule has 0 fully saturated rings. The quantitative estimate of drug-likeness (QED) is 0.925. The van der Waals surface area contributed by atoms with Crippen LogP contribution >= 0.6 is 11.5 Å². The number of aryl methyl sites for hydroxylation is 3. The van der Waals surface area contributed by atoms with E-state index in [-0.39, 0.29) is 5.91 Å². The summed E-state index contributed by atoms with van der Waals surface area (Å²) in [6.45, 7) is 5.78. The summed E-state index contributed by atoms with van der Waals surface area (Å²) in [5.74, 6) is 0.637. The van der Waals surface area contributed by atoms with E-state index in [2.05, 4.69) is 19.8 Å². The molecule has 0 saturated carbocycles. The smallest absolute Gasteiger partial charge is 0.226 e. The molecule has 7 heteroatoms. The van der Waals surface area contributed by atoms with Crippen LogP contribution in [0.1, 0.15) is 29.2 Å². The molecule has 2 heterocycles. The van der Waals surface area contributed by atoms with Crippen molar-refractivity contribution in [2.75, 3.05) is 5.32 Å². The average Bonchev–Trinajstić information content (AvgIpc) is 2.83. The van der Waals surface area contributed by atoms with Gasteiger partial charge in [-0.1, -0.05) is 0 Å². The molecular weight excluding hydrogens is 262 g/mol. The lowest BCUT2D eigenvalue weighted by molar-refractivity contribution is -0.116. The normalized spacial score (nSPS) is 10.7. The molecule has 0 atom stereocenters. The van der Waals surface area contributed by atoms with E-state index in [0.29, 0.717) is 23.8 Å². The van der Waals surface area contributed by atoms with Crippen LogP contribution in [0.3, 0.4) is 0 Å². The summed E-state index contributed by atoms with van der Waals surface area (Å²) < 4.78 is 5.87. The summed E-state index contributed by atoms with van der Waals surface area (Å²) in [7, 11) is 1.91. The molecule has 0 aromatic carbocycles. The number of aromatic nitrogens is 4. The summed E-state index contributed by atoms with van der Waals surface area (Å²) in [5.41, 5.74) is 3.24. The molecule has 0 aliphatic carbocycles. The third-order valence-electron chi connectivity index (χ3n) is 3.03. The van der Waals surface area contributed by atoms with Gasteiger partial charge in [0.2, 0.25) is 11.0 Å². The Kier molecular flexibility index (Phi) is 3.94. The first-order valence-electron chi connectivity index (χ1n) is 6.06. The minimum Gasteiger partial charge on any atom is -0.301 e. The van der Waals surface area contributed by atoms with Crippen molar-refractivity contribution >= 4 is 22.6 Å². The molecule has 0 aliphatic heterocycles. The zero-order valence-corrected chi connectivity index (χ0v) is 12.3. The van der Waals surface area contributed by atoms with Crippen molar-refractivity contribution in [3.8, 4) is 0 Å². The number of nitrogens with zero attached hydrogens (tertiary/aromatic N) is 4. The number of rotatable bonds is 4. The van der Waals surface area contributed by atoms with Crippen LogP contribution in [0.15, 0.2) is 0 Å². The molecule has 1 N–H and O–H groups in total. The highest BCUT2D eigenvalue weighted by Crippen LogP contribution is 2.15. The van der Waals surface area contributed by atoms with Gasteiger partial charge in [0.25, 0.3) is 0 Å². The van der Waals surface area contributed by atoms with Gasteiger partial charge < -0.3 is 5.32 Å². The molecule has 102 valence electrons. The van der Waals surface area contributed by atoms with Gasteiger partial charge >= 0.3 is 0 Å². The van der Waals surface area contributed by atoms with Gasteiger partial charge in [-0.05, 0) is 32.8 Å². The SMILES string of the molecule is Cc1nsc(NC(=O)CCc2c(C)nn(C)c2C)n1. The van der Waals surface area contributed by atoms with Crippen molar-refractivity contribution in [2.24, 2.45) is 7.05 Å². The monoisotopic (exact) mass is 279 g/mol. The van der Waals surface area contributed by atoms with E-state index in [4.69, 9.17) is 0 Å². The highest BCUT2D eigenvalue weighted by molar-refractivity contribution is 7.09. The lowest BCUT2D eigenvalue weighted by Crippen LogP contribution is -2.12. The van der Waals surface area contributed by atoms with E-state index in [0.717, 1.165) is 17.0 Å². The molecule has 2 aromatic heterocycles. The summed E-state index contributed by atoms with van der Waals surface area (Å²) in [6, 6.07) is 0. The second-order valence-electron chi connectivity index (χ2n) is 4.47. The van der Waals surface area contributed by atoms with Crippen LogP contribution in [0.2, 0.25) is 0 Å². The molecular formula is C12H17N5OS. The Morgan fingerprint density at radius 1 is 1.37 bits per heavy atom. The van der Waals surface area contributed by atoms with Crippen molar-refractivity contribution in [1.82, 2.24) is 19.1 Å². The van der Waals surface area contributed by atoms with Crippen LogP contribution < -0.4 is 5.32 Å². The Hall–Kier alpha value is -1.76. The number of carbonyl (C=O) groups excluding carboxylic acids is 1. The van der Waals surface area contributed by atoms with Gasteiger partial charge in [0.05, 0.1) is 5.69 Å². The first-order valence-corrected chi connectivity index (χ1v) is 6.84. The minimum absolute atomic E-state index is 0.0428. The lowest BCUT2D eigenvalue weighted by atomic mass is 10.1. The summed E-state index contributed by atoms with van der Waals surface area (Å²) in [6.07, 6.45) is 1.11. The predicted molar refractivity (Wildman–Crippen MR) is 74.3 cm³/mol. The fourth-order valence-electron chi connectivity index (χ4n) is 1.95. The van der Waals surface area contributed by atoms with E-state index < -0.39 is 0 Å². The second kappa shape index (κ2) is 5.48. The summed E-state index contributed by atoms with van der Waals surface area (Å²) in [4.78, 5) is 15.9. The highest BCUT2D eigenvalue weighted by atomic mass is 32.1. The predicted octanol–water partition coefficient (Wildman–Crippen LogP) is 1.77. The van der Waals surface area contributed by atoms with Crippen LogP contribution in [-0.2, 0) is 18.3 Å². The van der Waals surface area contributed by atoms with E-state index in [1.807, 2.05) is 25.6 Å². The molecule has 0 radical (unpaired) electrons. The number of hydrogen-bond donors (Lipinski definition) is 1. The van der Waals surface area contributed by atoms with Crippen molar-refractivity contribution in [2.45, 2.75) is 33.6 Å². The third-order valence-corrected chi connectivity index (χ3v) is 3.76. The number of nitrogens with one attached hydrogen (secondary N) is 1. The van der Waals surface area contributed by atoms with Gasteiger partial charge in [0.15, 0.2) is 0 Å². The van der Waals surface area contributed by atoms with Gasteiger partial charge in [0.1, 0.15) is 5.82 Å².